The first kappa shape index (κ1) is 14.8. The van der Waals surface area contributed by atoms with Crippen LogP contribution in [0.3, 0.4) is 0 Å². The smallest absolute Gasteiger partial charge is 0.109 e. The van der Waals surface area contributed by atoms with E-state index in [0.717, 1.165) is 17.9 Å². The molecule has 2 aromatic rings. The van der Waals surface area contributed by atoms with E-state index in [1.165, 1.54) is 43.6 Å². The average Bonchev–Trinajstić information content (AvgIpc) is 3.09. The second kappa shape index (κ2) is 7.27. The highest BCUT2D eigenvalue weighted by Gasteiger charge is 2.17. The fourth-order valence-corrected chi connectivity index (χ4v) is 2.66. The third-order valence-corrected chi connectivity index (χ3v) is 3.80. The van der Waals surface area contributed by atoms with Crippen LogP contribution in [0.2, 0.25) is 0 Å². The molecule has 4 heteroatoms. The van der Waals surface area contributed by atoms with E-state index in [-0.39, 0.29) is 0 Å². The molecule has 2 heterocycles. The van der Waals surface area contributed by atoms with Gasteiger partial charge in [0.2, 0.25) is 0 Å². The van der Waals surface area contributed by atoms with E-state index in [1.54, 1.807) is 0 Å². The van der Waals surface area contributed by atoms with E-state index < -0.39 is 0 Å². The van der Waals surface area contributed by atoms with Gasteiger partial charge in [0.1, 0.15) is 11.6 Å². The lowest BCUT2D eigenvalue weighted by atomic mass is 9.89. The lowest BCUT2D eigenvalue weighted by molar-refractivity contribution is 0.430. The first-order chi connectivity index (χ1) is 9.69. The fourth-order valence-electron chi connectivity index (χ4n) is 2.66. The standard InChI is InChI=1S/C10H16N2.C6H10N2/c1-8-7-11-10(12-8)9-5-3-2-4-6-9;1-3-6-7-4-5(2)8-6/h7,9H,2-6H2,1H3,(H,11,12);4H,3H2,1-2H3,(H,7,8). The maximum atomic E-state index is 4.38. The highest BCUT2D eigenvalue weighted by molar-refractivity contribution is 5.04. The van der Waals surface area contributed by atoms with Crippen LogP contribution in [-0.4, -0.2) is 19.9 Å². The number of H-pyrrole nitrogens is 2. The van der Waals surface area contributed by atoms with Crippen molar-refractivity contribution in [2.24, 2.45) is 0 Å². The third-order valence-electron chi connectivity index (χ3n) is 3.80. The summed E-state index contributed by atoms with van der Waals surface area (Å²) in [7, 11) is 0. The van der Waals surface area contributed by atoms with Crippen molar-refractivity contribution in [1.29, 1.82) is 0 Å². The summed E-state index contributed by atoms with van der Waals surface area (Å²) in [5.74, 6) is 3.00. The Hall–Kier alpha value is -1.58. The van der Waals surface area contributed by atoms with Crippen LogP contribution in [-0.2, 0) is 6.42 Å². The molecule has 1 saturated carbocycles. The number of hydrogen-bond donors (Lipinski definition) is 2. The Morgan fingerprint density at radius 3 is 2.10 bits per heavy atom. The van der Waals surface area contributed by atoms with Gasteiger partial charge >= 0.3 is 0 Å². The quantitative estimate of drug-likeness (QED) is 0.868. The molecule has 0 bridgehead atoms. The van der Waals surface area contributed by atoms with Gasteiger partial charge in [-0.3, -0.25) is 0 Å². The monoisotopic (exact) mass is 274 g/mol. The van der Waals surface area contributed by atoms with Crippen molar-refractivity contribution >= 4 is 0 Å². The van der Waals surface area contributed by atoms with E-state index >= 15 is 0 Å². The Balaban J connectivity index is 0.000000160. The number of aryl methyl sites for hydroxylation is 3. The van der Waals surface area contributed by atoms with Crippen LogP contribution in [0.15, 0.2) is 12.4 Å². The normalized spacial score (nSPS) is 15.8. The molecule has 0 saturated heterocycles. The summed E-state index contributed by atoms with van der Waals surface area (Å²) < 4.78 is 0. The summed E-state index contributed by atoms with van der Waals surface area (Å²) >= 11 is 0. The van der Waals surface area contributed by atoms with Crippen LogP contribution >= 0.6 is 0 Å². The van der Waals surface area contributed by atoms with Crippen LogP contribution < -0.4 is 0 Å². The van der Waals surface area contributed by atoms with Crippen LogP contribution in [0, 0.1) is 13.8 Å². The SMILES string of the molecule is CCc1ncc(C)[nH]1.Cc1cnc(C2CCCCC2)[nH]1. The highest BCUT2D eigenvalue weighted by atomic mass is 14.9. The Bertz CT molecular complexity index is 506. The maximum Gasteiger partial charge on any atom is 0.109 e. The maximum absolute atomic E-state index is 4.38. The number of imidazole rings is 2. The zero-order valence-electron chi connectivity index (χ0n) is 12.9. The van der Waals surface area contributed by atoms with Crippen LogP contribution in [0.1, 0.15) is 68.0 Å². The molecule has 0 spiro atoms. The van der Waals surface area contributed by atoms with Gasteiger partial charge in [-0.15, -0.1) is 0 Å². The van der Waals surface area contributed by atoms with Crippen molar-refractivity contribution in [2.75, 3.05) is 0 Å². The molecular formula is C16H26N4. The first-order valence-electron chi connectivity index (χ1n) is 7.71. The number of rotatable bonds is 2. The predicted molar refractivity (Wildman–Crippen MR) is 81.9 cm³/mol. The molecule has 0 aromatic carbocycles. The lowest BCUT2D eigenvalue weighted by Gasteiger charge is -2.19. The van der Waals surface area contributed by atoms with Crippen LogP contribution in [0.4, 0.5) is 0 Å². The molecule has 20 heavy (non-hydrogen) atoms. The van der Waals surface area contributed by atoms with E-state index in [0.29, 0.717) is 5.92 Å². The summed E-state index contributed by atoms with van der Waals surface area (Å²) in [4.78, 5) is 14.9. The minimum absolute atomic E-state index is 0.715. The van der Waals surface area contributed by atoms with E-state index in [2.05, 4.69) is 33.8 Å². The molecule has 4 nitrogen and oxygen atoms in total. The predicted octanol–water partition coefficient (Wildman–Crippen LogP) is 4.05. The Morgan fingerprint density at radius 1 is 1.00 bits per heavy atom. The largest absolute Gasteiger partial charge is 0.346 e. The fraction of sp³-hybridized carbons (Fsp3) is 0.625. The van der Waals surface area contributed by atoms with E-state index in [4.69, 9.17) is 0 Å². The van der Waals surface area contributed by atoms with Crippen molar-refractivity contribution in [2.45, 2.75) is 65.2 Å². The van der Waals surface area contributed by atoms with Gasteiger partial charge in [0.15, 0.2) is 0 Å². The minimum atomic E-state index is 0.715. The molecule has 1 fully saturated rings. The summed E-state index contributed by atoms with van der Waals surface area (Å²) in [5.41, 5.74) is 2.33. The van der Waals surface area contributed by atoms with Gasteiger partial charge in [-0.1, -0.05) is 26.2 Å². The van der Waals surface area contributed by atoms with Crippen molar-refractivity contribution in [3.63, 3.8) is 0 Å². The number of aromatic nitrogens is 4. The lowest BCUT2D eigenvalue weighted by Crippen LogP contribution is -2.05. The van der Waals surface area contributed by atoms with Gasteiger partial charge in [-0.2, -0.15) is 0 Å². The molecule has 0 aliphatic heterocycles. The molecule has 1 aliphatic rings. The minimum Gasteiger partial charge on any atom is -0.346 e. The Morgan fingerprint density at radius 2 is 1.65 bits per heavy atom. The van der Waals surface area contributed by atoms with Gasteiger partial charge in [-0.05, 0) is 26.7 Å². The molecule has 0 radical (unpaired) electrons. The summed E-state index contributed by atoms with van der Waals surface area (Å²) in [6.45, 7) is 6.16. The number of nitrogens with one attached hydrogen (secondary N) is 2. The summed E-state index contributed by atoms with van der Waals surface area (Å²) in [6.07, 6.45) is 11.6. The molecule has 110 valence electrons. The molecule has 0 amide bonds. The molecule has 3 rings (SSSR count). The van der Waals surface area contributed by atoms with Crippen molar-refractivity contribution in [1.82, 2.24) is 19.9 Å². The molecule has 1 aliphatic carbocycles. The van der Waals surface area contributed by atoms with Crippen molar-refractivity contribution in [3.8, 4) is 0 Å². The number of nitrogens with zero attached hydrogens (tertiary/aromatic N) is 2. The zero-order chi connectivity index (χ0) is 14.4. The van der Waals surface area contributed by atoms with Gasteiger partial charge in [0.25, 0.3) is 0 Å². The second-order valence-corrected chi connectivity index (χ2v) is 5.65. The average molecular weight is 274 g/mol. The third kappa shape index (κ3) is 4.22. The number of aromatic amines is 2. The van der Waals surface area contributed by atoms with Crippen LogP contribution in [0.25, 0.3) is 0 Å². The second-order valence-electron chi connectivity index (χ2n) is 5.65. The Kier molecular flexibility index (Phi) is 5.39. The Labute approximate surface area is 121 Å². The first-order valence-corrected chi connectivity index (χ1v) is 7.71. The van der Waals surface area contributed by atoms with Gasteiger partial charge < -0.3 is 9.97 Å². The summed E-state index contributed by atoms with van der Waals surface area (Å²) in [6, 6.07) is 0. The molecule has 0 atom stereocenters. The summed E-state index contributed by atoms with van der Waals surface area (Å²) in [5, 5.41) is 0. The topological polar surface area (TPSA) is 57.4 Å². The highest BCUT2D eigenvalue weighted by Crippen LogP contribution is 2.30. The van der Waals surface area contributed by atoms with E-state index in [1.807, 2.05) is 19.3 Å². The molecule has 2 N–H and O–H groups in total. The zero-order valence-corrected chi connectivity index (χ0v) is 12.9. The van der Waals surface area contributed by atoms with Gasteiger partial charge in [0, 0.05) is 36.1 Å². The van der Waals surface area contributed by atoms with Crippen molar-refractivity contribution in [3.05, 3.63) is 35.4 Å². The molecular weight excluding hydrogens is 248 g/mol. The van der Waals surface area contributed by atoms with Gasteiger partial charge in [-0.25, -0.2) is 9.97 Å². The molecule has 2 aromatic heterocycles. The number of hydrogen-bond acceptors (Lipinski definition) is 2. The van der Waals surface area contributed by atoms with Gasteiger partial charge in [0.05, 0.1) is 0 Å². The van der Waals surface area contributed by atoms with Crippen LogP contribution in [0.5, 0.6) is 0 Å². The molecule has 0 unspecified atom stereocenters. The van der Waals surface area contributed by atoms with E-state index in [9.17, 15) is 0 Å². The van der Waals surface area contributed by atoms with Crippen molar-refractivity contribution < 1.29 is 0 Å².